The molecule has 7 heteroatoms. The number of aliphatic hydroxyl groups is 1. The lowest BCUT2D eigenvalue weighted by Gasteiger charge is -2.27. The fourth-order valence-electron chi connectivity index (χ4n) is 4.87. The molecule has 2 heterocycles. The number of nitrogens with zero attached hydrogens (tertiary/aromatic N) is 2. The smallest absolute Gasteiger partial charge is 0.329 e. The monoisotopic (exact) mass is 399 g/mol. The first kappa shape index (κ1) is 19.9. The molecule has 1 atom stereocenters. The van der Waals surface area contributed by atoms with Gasteiger partial charge in [-0.3, -0.25) is 24.0 Å². The molecule has 1 aromatic heterocycles. The van der Waals surface area contributed by atoms with E-state index in [4.69, 9.17) is 0 Å². The molecule has 0 bridgehead atoms. The number of imide groups is 1. The highest BCUT2D eigenvalue weighted by atomic mass is 16.3. The van der Waals surface area contributed by atoms with Crippen LogP contribution in [-0.4, -0.2) is 32.7 Å². The minimum atomic E-state index is -0.642. The molecule has 1 aromatic carbocycles. The Labute approximate surface area is 169 Å². The van der Waals surface area contributed by atoms with Crippen molar-refractivity contribution in [3.8, 4) is 0 Å². The molecule has 1 saturated heterocycles. The number of fused-ring (bicyclic) bond motifs is 1. The maximum Gasteiger partial charge on any atom is 0.329 e. The molecule has 7 nitrogen and oxygen atoms in total. The predicted octanol–water partition coefficient (Wildman–Crippen LogP) is 2.05. The van der Waals surface area contributed by atoms with E-state index >= 15 is 0 Å². The van der Waals surface area contributed by atoms with E-state index < -0.39 is 11.9 Å². The molecule has 4 rings (SSSR count). The number of piperidine rings is 1. The van der Waals surface area contributed by atoms with Gasteiger partial charge in [0.05, 0.1) is 11.0 Å². The van der Waals surface area contributed by atoms with Crippen LogP contribution >= 0.6 is 0 Å². The van der Waals surface area contributed by atoms with Crippen LogP contribution in [0.3, 0.4) is 0 Å². The Kier molecular flexibility index (Phi) is 5.58. The maximum atomic E-state index is 12.8. The maximum absolute atomic E-state index is 12.8. The molecule has 2 amide bonds. The third-order valence-corrected chi connectivity index (χ3v) is 6.74. The molecule has 0 radical (unpaired) electrons. The van der Waals surface area contributed by atoms with Gasteiger partial charge in [0.15, 0.2) is 0 Å². The lowest BCUT2D eigenvalue weighted by Crippen LogP contribution is -2.44. The van der Waals surface area contributed by atoms with Gasteiger partial charge in [0, 0.05) is 20.1 Å². The minimum Gasteiger partial charge on any atom is -0.396 e. The van der Waals surface area contributed by atoms with E-state index in [0.717, 1.165) is 36.7 Å². The first-order chi connectivity index (χ1) is 14.0. The SMILES string of the molecule is Cn1c(=O)n(C2CCC(=O)NC2=O)c2ccc(CCC3CCC(CO)CC3)cc21. The number of carbonyl (C=O) groups is 2. The first-order valence-electron chi connectivity index (χ1n) is 10.6. The molecule has 2 N–H and O–H groups in total. The highest BCUT2D eigenvalue weighted by Gasteiger charge is 2.31. The molecular weight excluding hydrogens is 370 g/mol. The van der Waals surface area contributed by atoms with Crippen LogP contribution in [0, 0.1) is 11.8 Å². The van der Waals surface area contributed by atoms with Crippen molar-refractivity contribution in [2.24, 2.45) is 18.9 Å². The summed E-state index contributed by atoms with van der Waals surface area (Å²) in [6, 6.07) is 5.39. The Bertz CT molecular complexity index is 982. The number of hydrogen-bond acceptors (Lipinski definition) is 4. The second kappa shape index (κ2) is 8.14. The van der Waals surface area contributed by atoms with E-state index in [0.29, 0.717) is 24.9 Å². The summed E-state index contributed by atoms with van der Waals surface area (Å²) >= 11 is 0. The van der Waals surface area contributed by atoms with Crippen LogP contribution in [0.2, 0.25) is 0 Å². The fourth-order valence-corrected chi connectivity index (χ4v) is 4.87. The van der Waals surface area contributed by atoms with Gasteiger partial charge in [0.1, 0.15) is 6.04 Å². The zero-order chi connectivity index (χ0) is 20.5. The number of imidazole rings is 1. The van der Waals surface area contributed by atoms with E-state index in [9.17, 15) is 19.5 Å². The average Bonchev–Trinajstić information content (AvgIpc) is 2.97. The number of benzene rings is 1. The van der Waals surface area contributed by atoms with Gasteiger partial charge in [0.25, 0.3) is 0 Å². The number of aliphatic hydroxyl groups excluding tert-OH is 1. The molecule has 2 aliphatic rings. The molecule has 1 aliphatic heterocycles. The van der Waals surface area contributed by atoms with E-state index in [2.05, 4.69) is 11.4 Å². The van der Waals surface area contributed by atoms with Gasteiger partial charge in [-0.1, -0.05) is 18.9 Å². The van der Waals surface area contributed by atoms with Gasteiger partial charge in [-0.25, -0.2) is 4.79 Å². The second-order valence-electron chi connectivity index (χ2n) is 8.61. The molecule has 1 aliphatic carbocycles. The van der Waals surface area contributed by atoms with E-state index in [-0.39, 0.29) is 18.0 Å². The van der Waals surface area contributed by atoms with Crippen molar-refractivity contribution in [1.29, 1.82) is 0 Å². The van der Waals surface area contributed by atoms with E-state index in [1.54, 1.807) is 11.6 Å². The number of carbonyl (C=O) groups excluding carboxylic acids is 2. The van der Waals surface area contributed by atoms with Gasteiger partial charge >= 0.3 is 5.69 Å². The van der Waals surface area contributed by atoms with Crippen LogP contribution in [0.1, 0.15) is 56.6 Å². The molecule has 156 valence electrons. The van der Waals surface area contributed by atoms with Crippen molar-refractivity contribution < 1.29 is 14.7 Å². The Morgan fingerprint density at radius 1 is 1.03 bits per heavy atom. The third-order valence-electron chi connectivity index (χ3n) is 6.74. The highest BCUT2D eigenvalue weighted by molar-refractivity contribution is 6.00. The third kappa shape index (κ3) is 3.88. The number of amides is 2. The Balaban J connectivity index is 1.53. The van der Waals surface area contributed by atoms with Crippen LogP contribution in [-0.2, 0) is 23.1 Å². The van der Waals surface area contributed by atoms with Gasteiger partial charge in [-0.2, -0.15) is 0 Å². The van der Waals surface area contributed by atoms with Gasteiger partial charge in [-0.15, -0.1) is 0 Å². The molecular formula is C22H29N3O4. The number of hydrogen-bond donors (Lipinski definition) is 2. The Morgan fingerprint density at radius 2 is 1.76 bits per heavy atom. The molecule has 1 saturated carbocycles. The van der Waals surface area contributed by atoms with Crippen LogP contribution in [0.5, 0.6) is 0 Å². The molecule has 29 heavy (non-hydrogen) atoms. The lowest BCUT2D eigenvalue weighted by molar-refractivity contribution is -0.135. The van der Waals surface area contributed by atoms with Crippen LogP contribution in [0.25, 0.3) is 11.0 Å². The van der Waals surface area contributed by atoms with Crippen molar-refractivity contribution in [2.75, 3.05) is 6.61 Å². The van der Waals surface area contributed by atoms with Crippen LogP contribution in [0.4, 0.5) is 0 Å². The number of nitrogens with one attached hydrogen (secondary N) is 1. The zero-order valence-corrected chi connectivity index (χ0v) is 16.9. The average molecular weight is 399 g/mol. The summed E-state index contributed by atoms with van der Waals surface area (Å²) in [5.74, 6) is 0.489. The number of aryl methyl sites for hydroxylation is 2. The minimum absolute atomic E-state index is 0.228. The standard InChI is InChI=1S/C22H29N3O4/c1-24-19-12-15(5-2-14-3-6-16(13-26)7-4-14)8-9-17(19)25(22(24)29)18-10-11-20(27)23-21(18)28/h8-9,12,14,16,18,26H,2-7,10-11,13H2,1H3,(H,23,27,28). The van der Waals surface area contributed by atoms with E-state index in [1.807, 2.05) is 12.1 Å². The Morgan fingerprint density at radius 3 is 2.45 bits per heavy atom. The molecule has 1 unspecified atom stereocenters. The summed E-state index contributed by atoms with van der Waals surface area (Å²) in [4.78, 5) is 36.6. The molecule has 0 spiro atoms. The molecule has 2 fully saturated rings. The van der Waals surface area contributed by atoms with Crippen molar-refractivity contribution in [3.63, 3.8) is 0 Å². The summed E-state index contributed by atoms with van der Waals surface area (Å²) in [6.45, 7) is 0.307. The summed E-state index contributed by atoms with van der Waals surface area (Å²) < 4.78 is 3.12. The van der Waals surface area contributed by atoms with Gasteiger partial charge < -0.3 is 5.11 Å². The lowest BCUT2D eigenvalue weighted by atomic mass is 9.80. The van der Waals surface area contributed by atoms with E-state index in [1.165, 1.54) is 23.0 Å². The van der Waals surface area contributed by atoms with Crippen molar-refractivity contribution in [3.05, 3.63) is 34.2 Å². The summed E-state index contributed by atoms with van der Waals surface area (Å²) in [5, 5.41) is 11.6. The van der Waals surface area contributed by atoms with Crippen molar-refractivity contribution in [1.82, 2.24) is 14.5 Å². The van der Waals surface area contributed by atoms with Crippen molar-refractivity contribution >= 4 is 22.8 Å². The zero-order valence-electron chi connectivity index (χ0n) is 16.9. The molecule has 2 aromatic rings. The summed E-state index contributed by atoms with van der Waals surface area (Å²) in [7, 11) is 1.73. The summed E-state index contributed by atoms with van der Waals surface area (Å²) in [5.41, 5.74) is 2.52. The van der Waals surface area contributed by atoms with Gasteiger partial charge in [-0.05, 0) is 61.6 Å². The number of aromatic nitrogens is 2. The topological polar surface area (TPSA) is 93.3 Å². The predicted molar refractivity (Wildman–Crippen MR) is 109 cm³/mol. The fraction of sp³-hybridized carbons (Fsp3) is 0.591. The van der Waals surface area contributed by atoms with Crippen molar-refractivity contribution in [2.45, 2.75) is 57.4 Å². The largest absolute Gasteiger partial charge is 0.396 e. The summed E-state index contributed by atoms with van der Waals surface area (Å²) in [6.07, 6.45) is 7.26. The van der Waals surface area contributed by atoms with Crippen LogP contribution in [0.15, 0.2) is 23.0 Å². The second-order valence-corrected chi connectivity index (χ2v) is 8.61. The quantitative estimate of drug-likeness (QED) is 0.753. The van der Waals surface area contributed by atoms with Crippen LogP contribution < -0.4 is 11.0 Å². The number of rotatable bonds is 5. The Hall–Kier alpha value is -2.41. The first-order valence-corrected chi connectivity index (χ1v) is 10.6. The van der Waals surface area contributed by atoms with Gasteiger partial charge in [0.2, 0.25) is 11.8 Å². The normalized spacial score (nSPS) is 25.4. The highest BCUT2D eigenvalue weighted by Crippen LogP contribution is 2.32.